The molecule has 1 aliphatic rings. The Bertz CT molecular complexity index is 431. The molecule has 4 nitrogen and oxygen atoms in total. The van der Waals surface area contributed by atoms with Crippen LogP contribution >= 0.6 is 0 Å². The second kappa shape index (κ2) is 4.65. The zero-order chi connectivity index (χ0) is 12.4. The lowest BCUT2D eigenvalue weighted by molar-refractivity contribution is 0.0602. The highest BCUT2D eigenvalue weighted by Gasteiger charge is 2.32. The quantitative estimate of drug-likeness (QED) is 0.618. The number of anilines is 2. The summed E-state index contributed by atoms with van der Waals surface area (Å²) in [5.74, 6) is 1.11. The van der Waals surface area contributed by atoms with E-state index in [1.165, 1.54) is 13.5 Å². The minimum Gasteiger partial charge on any atom is -0.465 e. The molecule has 0 aliphatic heterocycles. The Morgan fingerprint density at radius 2 is 2.29 bits per heavy atom. The summed E-state index contributed by atoms with van der Waals surface area (Å²) in [6, 6.07) is 5.26. The smallest absolute Gasteiger partial charge is 0.340 e. The molecule has 0 radical (unpaired) electrons. The molecule has 0 bridgehead atoms. The second-order valence-electron chi connectivity index (χ2n) is 4.62. The molecule has 0 spiro atoms. The van der Waals surface area contributed by atoms with Gasteiger partial charge >= 0.3 is 5.97 Å². The first-order chi connectivity index (χ1) is 8.13. The van der Waals surface area contributed by atoms with Gasteiger partial charge < -0.3 is 15.8 Å². The summed E-state index contributed by atoms with van der Waals surface area (Å²) < 4.78 is 4.74. The maximum absolute atomic E-state index is 11.6. The van der Waals surface area contributed by atoms with Gasteiger partial charge in [-0.05, 0) is 30.4 Å². The molecule has 1 fully saturated rings. The number of carbonyl (C=O) groups is 1. The van der Waals surface area contributed by atoms with Crippen molar-refractivity contribution in [3.8, 4) is 0 Å². The highest BCUT2D eigenvalue weighted by molar-refractivity contribution is 5.98. The third-order valence-electron chi connectivity index (χ3n) is 3.32. The number of benzene rings is 1. The van der Waals surface area contributed by atoms with Crippen molar-refractivity contribution in [1.82, 2.24) is 0 Å². The van der Waals surface area contributed by atoms with E-state index in [0.717, 1.165) is 12.5 Å². The number of hydrogen-bond donors (Lipinski definition) is 2. The molecule has 0 saturated heterocycles. The third-order valence-corrected chi connectivity index (χ3v) is 3.32. The van der Waals surface area contributed by atoms with Crippen molar-refractivity contribution in [3.05, 3.63) is 23.8 Å². The number of nitrogens with one attached hydrogen (secondary N) is 1. The lowest BCUT2D eigenvalue weighted by Gasteiger charge is -2.13. The van der Waals surface area contributed by atoms with Crippen molar-refractivity contribution in [1.29, 1.82) is 0 Å². The van der Waals surface area contributed by atoms with E-state index in [1.54, 1.807) is 18.2 Å². The van der Waals surface area contributed by atoms with Gasteiger partial charge in [-0.15, -0.1) is 0 Å². The van der Waals surface area contributed by atoms with Crippen molar-refractivity contribution >= 4 is 17.3 Å². The third kappa shape index (κ3) is 2.52. The number of esters is 1. The fraction of sp³-hybridized carbons (Fsp3) is 0.462. The van der Waals surface area contributed by atoms with Gasteiger partial charge in [0.15, 0.2) is 0 Å². The van der Waals surface area contributed by atoms with Crippen LogP contribution in [0.5, 0.6) is 0 Å². The van der Waals surface area contributed by atoms with Crippen LogP contribution in [0, 0.1) is 11.8 Å². The molecule has 0 amide bonds. The first-order valence-electron chi connectivity index (χ1n) is 5.84. The number of nitrogen functional groups attached to an aromatic ring is 1. The SMILES string of the molecule is COC(=O)c1cccc(N)c1NCC1CC1C. The van der Waals surface area contributed by atoms with Gasteiger partial charge in [0.1, 0.15) is 0 Å². The average Bonchev–Trinajstić information content (AvgIpc) is 3.02. The monoisotopic (exact) mass is 234 g/mol. The normalized spacial score (nSPS) is 22.0. The number of ether oxygens (including phenoxy) is 1. The van der Waals surface area contributed by atoms with E-state index in [1.807, 2.05) is 0 Å². The predicted octanol–water partition coefficient (Wildman–Crippen LogP) is 2.12. The molecule has 1 saturated carbocycles. The fourth-order valence-corrected chi connectivity index (χ4v) is 1.96. The second-order valence-corrected chi connectivity index (χ2v) is 4.62. The number of methoxy groups -OCH3 is 1. The van der Waals surface area contributed by atoms with E-state index < -0.39 is 0 Å². The van der Waals surface area contributed by atoms with Gasteiger partial charge in [-0.3, -0.25) is 0 Å². The maximum Gasteiger partial charge on any atom is 0.340 e. The largest absolute Gasteiger partial charge is 0.465 e. The molecule has 4 heteroatoms. The summed E-state index contributed by atoms with van der Waals surface area (Å²) >= 11 is 0. The summed E-state index contributed by atoms with van der Waals surface area (Å²) in [5.41, 5.74) is 7.66. The van der Waals surface area contributed by atoms with Gasteiger partial charge in [0.25, 0.3) is 0 Å². The van der Waals surface area contributed by atoms with Crippen LogP contribution < -0.4 is 11.1 Å². The minimum atomic E-state index is -0.358. The first-order valence-corrected chi connectivity index (χ1v) is 5.84. The zero-order valence-electron chi connectivity index (χ0n) is 10.2. The molecule has 0 aromatic heterocycles. The van der Waals surface area contributed by atoms with Crippen LogP contribution in [0.25, 0.3) is 0 Å². The standard InChI is InChI=1S/C13H18N2O2/c1-8-6-9(8)7-15-12-10(13(16)17-2)4-3-5-11(12)14/h3-5,8-9,15H,6-7,14H2,1-2H3. The summed E-state index contributed by atoms with van der Waals surface area (Å²) in [5, 5.41) is 3.26. The van der Waals surface area contributed by atoms with Crippen molar-refractivity contribution < 1.29 is 9.53 Å². The Morgan fingerprint density at radius 1 is 1.59 bits per heavy atom. The molecule has 92 valence electrons. The van der Waals surface area contributed by atoms with Gasteiger partial charge in [0.2, 0.25) is 0 Å². The van der Waals surface area contributed by atoms with Gasteiger partial charge in [0.05, 0.1) is 24.0 Å². The van der Waals surface area contributed by atoms with Gasteiger partial charge in [-0.1, -0.05) is 13.0 Å². The van der Waals surface area contributed by atoms with E-state index >= 15 is 0 Å². The van der Waals surface area contributed by atoms with Crippen molar-refractivity contribution in [2.75, 3.05) is 24.7 Å². The Morgan fingerprint density at radius 3 is 2.88 bits per heavy atom. The van der Waals surface area contributed by atoms with E-state index in [2.05, 4.69) is 12.2 Å². The minimum absolute atomic E-state index is 0.358. The molecule has 1 aromatic carbocycles. The molecule has 3 N–H and O–H groups in total. The Balaban J connectivity index is 2.15. The lowest BCUT2D eigenvalue weighted by Crippen LogP contribution is -2.12. The van der Waals surface area contributed by atoms with Crippen LogP contribution in [0.3, 0.4) is 0 Å². The molecule has 17 heavy (non-hydrogen) atoms. The van der Waals surface area contributed by atoms with Crippen LogP contribution in [0.4, 0.5) is 11.4 Å². The lowest BCUT2D eigenvalue weighted by atomic mass is 10.1. The van der Waals surface area contributed by atoms with Crippen molar-refractivity contribution in [2.24, 2.45) is 11.8 Å². The first kappa shape index (κ1) is 11.8. The molecule has 2 atom stereocenters. The van der Waals surface area contributed by atoms with Crippen LogP contribution in [-0.2, 0) is 4.74 Å². The maximum atomic E-state index is 11.6. The molecule has 1 aromatic rings. The topological polar surface area (TPSA) is 64.3 Å². The fourth-order valence-electron chi connectivity index (χ4n) is 1.96. The summed E-state index contributed by atoms with van der Waals surface area (Å²) in [4.78, 5) is 11.6. The van der Waals surface area contributed by atoms with E-state index in [-0.39, 0.29) is 5.97 Å². The van der Waals surface area contributed by atoms with Crippen LogP contribution in [0.15, 0.2) is 18.2 Å². The summed E-state index contributed by atoms with van der Waals surface area (Å²) in [7, 11) is 1.37. The van der Waals surface area contributed by atoms with E-state index in [4.69, 9.17) is 10.5 Å². The Labute approximate surface area is 101 Å². The highest BCUT2D eigenvalue weighted by Crippen LogP contribution is 2.38. The highest BCUT2D eigenvalue weighted by atomic mass is 16.5. The van der Waals surface area contributed by atoms with Crippen LogP contribution in [-0.4, -0.2) is 19.6 Å². The molecule has 1 aliphatic carbocycles. The molecule has 0 heterocycles. The van der Waals surface area contributed by atoms with Gasteiger partial charge in [-0.25, -0.2) is 4.79 Å². The van der Waals surface area contributed by atoms with Crippen LogP contribution in [0.1, 0.15) is 23.7 Å². The molecule has 2 rings (SSSR count). The number of carbonyl (C=O) groups excluding carboxylic acids is 1. The Hall–Kier alpha value is -1.71. The number of hydrogen-bond acceptors (Lipinski definition) is 4. The van der Waals surface area contributed by atoms with Crippen molar-refractivity contribution in [2.45, 2.75) is 13.3 Å². The summed E-state index contributed by atoms with van der Waals surface area (Å²) in [6.45, 7) is 3.08. The number of para-hydroxylation sites is 1. The number of nitrogens with two attached hydrogens (primary N) is 1. The van der Waals surface area contributed by atoms with Crippen LogP contribution in [0.2, 0.25) is 0 Å². The molecular formula is C13H18N2O2. The van der Waals surface area contributed by atoms with Gasteiger partial charge in [-0.2, -0.15) is 0 Å². The van der Waals surface area contributed by atoms with E-state index in [0.29, 0.717) is 22.9 Å². The van der Waals surface area contributed by atoms with Crippen molar-refractivity contribution in [3.63, 3.8) is 0 Å². The predicted molar refractivity (Wildman–Crippen MR) is 68.0 cm³/mol. The Kier molecular flexibility index (Phi) is 3.22. The molecule has 2 unspecified atom stereocenters. The average molecular weight is 234 g/mol. The number of rotatable bonds is 4. The summed E-state index contributed by atoms with van der Waals surface area (Å²) in [6.07, 6.45) is 1.24. The molecular weight excluding hydrogens is 216 g/mol. The van der Waals surface area contributed by atoms with Gasteiger partial charge in [0, 0.05) is 6.54 Å². The zero-order valence-corrected chi connectivity index (χ0v) is 10.2. The van der Waals surface area contributed by atoms with E-state index in [9.17, 15) is 4.79 Å².